The molecule has 6 heteroatoms. The third-order valence-electron chi connectivity index (χ3n) is 3.98. The predicted octanol–water partition coefficient (Wildman–Crippen LogP) is 1.42. The molecule has 0 saturated carbocycles. The quantitative estimate of drug-likeness (QED) is 0.858. The molecule has 1 fully saturated rings. The molecule has 1 saturated heterocycles. The van der Waals surface area contributed by atoms with E-state index in [1.54, 1.807) is 18.9 Å². The van der Waals surface area contributed by atoms with Crippen molar-refractivity contribution >= 4 is 23.4 Å². The number of piperazine rings is 1. The van der Waals surface area contributed by atoms with Crippen LogP contribution < -0.4 is 15.4 Å². The molecule has 1 aliphatic rings. The largest absolute Gasteiger partial charge is 0.497 e. The summed E-state index contributed by atoms with van der Waals surface area (Å²) in [6.07, 6.45) is 2.78. The van der Waals surface area contributed by atoms with Gasteiger partial charge in [0.1, 0.15) is 5.75 Å². The molecule has 1 aromatic carbocycles. The maximum Gasteiger partial charge on any atom is 0.239 e. The Kier molecular flexibility index (Phi) is 6.39. The number of methoxy groups -OCH3 is 1. The van der Waals surface area contributed by atoms with Crippen LogP contribution in [0.15, 0.2) is 24.3 Å². The van der Waals surface area contributed by atoms with Crippen molar-refractivity contribution in [3.8, 4) is 5.75 Å². The highest BCUT2D eigenvalue weighted by Gasteiger charge is 2.25. The monoisotopic (exact) mass is 323 g/mol. The lowest BCUT2D eigenvalue weighted by Gasteiger charge is -2.37. The molecule has 1 aliphatic heterocycles. The van der Waals surface area contributed by atoms with Crippen molar-refractivity contribution in [2.75, 3.05) is 50.2 Å². The molecule has 2 N–H and O–H groups in total. The van der Waals surface area contributed by atoms with Crippen LogP contribution in [0.5, 0.6) is 5.75 Å². The summed E-state index contributed by atoms with van der Waals surface area (Å²) in [4.78, 5) is 16.5. The van der Waals surface area contributed by atoms with Crippen LogP contribution in [0.2, 0.25) is 0 Å². The van der Waals surface area contributed by atoms with Gasteiger partial charge in [0.05, 0.1) is 13.2 Å². The van der Waals surface area contributed by atoms with Gasteiger partial charge in [0.25, 0.3) is 0 Å². The van der Waals surface area contributed by atoms with E-state index < -0.39 is 0 Å². The van der Waals surface area contributed by atoms with Crippen LogP contribution in [0, 0.1) is 0 Å². The third-order valence-corrected chi connectivity index (χ3v) is 4.62. The Balaban J connectivity index is 1.85. The number of nitrogens with zero attached hydrogens (tertiary/aromatic N) is 2. The summed E-state index contributed by atoms with van der Waals surface area (Å²) in [5, 5.41) is 0. The Morgan fingerprint density at radius 3 is 2.45 bits per heavy atom. The fourth-order valence-electron chi connectivity index (χ4n) is 2.58. The molecule has 0 radical (unpaired) electrons. The maximum atomic E-state index is 12.3. The summed E-state index contributed by atoms with van der Waals surface area (Å²) in [5.74, 6) is 1.87. The number of hydrogen-bond donors (Lipinski definition) is 1. The van der Waals surface area contributed by atoms with Crippen LogP contribution in [-0.4, -0.2) is 62.1 Å². The second-order valence-electron chi connectivity index (χ2n) is 5.40. The van der Waals surface area contributed by atoms with Gasteiger partial charge in [-0.2, -0.15) is 11.8 Å². The second kappa shape index (κ2) is 8.29. The Bertz CT molecular complexity index is 473. The predicted molar refractivity (Wildman–Crippen MR) is 92.8 cm³/mol. The number of anilines is 1. The number of hydrogen-bond acceptors (Lipinski definition) is 5. The van der Waals surface area contributed by atoms with Crippen LogP contribution in [0.3, 0.4) is 0 Å². The number of nitrogens with two attached hydrogens (primary N) is 1. The van der Waals surface area contributed by atoms with Crippen molar-refractivity contribution in [1.82, 2.24) is 4.90 Å². The average molecular weight is 323 g/mol. The number of benzene rings is 1. The second-order valence-corrected chi connectivity index (χ2v) is 6.38. The van der Waals surface area contributed by atoms with E-state index in [-0.39, 0.29) is 11.9 Å². The molecule has 22 heavy (non-hydrogen) atoms. The molecule has 0 aromatic heterocycles. The number of rotatable bonds is 6. The summed E-state index contributed by atoms with van der Waals surface area (Å²) in [7, 11) is 1.67. The normalized spacial score (nSPS) is 16.5. The van der Waals surface area contributed by atoms with Gasteiger partial charge in [0, 0.05) is 31.9 Å². The van der Waals surface area contributed by atoms with Gasteiger partial charge in [-0.3, -0.25) is 4.79 Å². The summed E-state index contributed by atoms with van der Waals surface area (Å²) in [6, 6.07) is 7.68. The first-order valence-corrected chi connectivity index (χ1v) is 8.97. The van der Waals surface area contributed by atoms with Gasteiger partial charge >= 0.3 is 0 Å². The smallest absolute Gasteiger partial charge is 0.239 e. The van der Waals surface area contributed by atoms with E-state index in [1.165, 1.54) is 5.69 Å². The highest BCUT2D eigenvalue weighted by Crippen LogP contribution is 2.20. The van der Waals surface area contributed by atoms with E-state index in [0.29, 0.717) is 0 Å². The molecule has 1 heterocycles. The van der Waals surface area contributed by atoms with E-state index in [0.717, 1.165) is 44.1 Å². The number of carbonyl (C=O) groups is 1. The lowest BCUT2D eigenvalue weighted by Crippen LogP contribution is -2.53. The van der Waals surface area contributed by atoms with Crippen molar-refractivity contribution in [3.05, 3.63) is 24.3 Å². The van der Waals surface area contributed by atoms with E-state index in [1.807, 2.05) is 23.3 Å². The maximum absolute atomic E-state index is 12.3. The fourth-order valence-corrected chi connectivity index (χ4v) is 3.07. The van der Waals surface area contributed by atoms with E-state index in [2.05, 4.69) is 17.0 Å². The van der Waals surface area contributed by atoms with Gasteiger partial charge in [0.2, 0.25) is 5.91 Å². The summed E-state index contributed by atoms with van der Waals surface area (Å²) in [6.45, 7) is 3.15. The van der Waals surface area contributed by atoms with Crippen LogP contribution in [0.25, 0.3) is 0 Å². The van der Waals surface area contributed by atoms with Gasteiger partial charge in [-0.1, -0.05) is 0 Å². The van der Waals surface area contributed by atoms with Gasteiger partial charge in [0.15, 0.2) is 0 Å². The average Bonchev–Trinajstić information content (AvgIpc) is 2.59. The van der Waals surface area contributed by atoms with E-state index >= 15 is 0 Å². The fraction of sp³-hybridized carbons (Fsp3) is 0.562. The highest BCUT2D eigenvalue weighted by molar-refractivity contribution is 7.98. The molecule has 0 spiro atoms. The van der Waals surface area contributed by atoms with Gasteiger partial charge in [-0.15, -0.1) is 0 Å². The van der Waals surface area contributed by atoms with Crippen molar-refractivity contribution in [2.45, 2.75) is 12.5 Å². The molecule has 0 unspecified atom stereocenters. The molecule has 1 amide bonds. The number of carbonyl (C=O) groups excluding carboxylic acids is 1. The van der Waals surface area contributed by atoms with Crippen molar-refractivity contribution in [2.24, 2.45) is 5.73 Å². The first-order valence-electron chi connectivity index (χ1n) is 7.58. The Labute approximate surface area is 136 Å². The highest BCUT2D eigenvalue weighted by atomic mass is 32.2. The summed E-state index contributed by atoms with van der Waals surface area (Å²) in [5.41, 5.74) is 7.15. The minimum absolute atomic E-state index is 0.0865. The molecule has 0 aliphatic carbocycles. The van der Waals surface area contributed by atoms with Crippen molar-refractivity contribution < 1.29 is 9.53 Å². The minimum atomic E-state index is -0.361. The topological polar surface area (TPSA) is 58.8 Å². The number of ether oxygens (including phenoxy) is 1. The molecular weight excluding hydrogens is 298 g/mol. The van der Waals surface area contributed by atoms with Crippen molar-refractivity contribution in [1.29, 1.82) is 0 Å². The lowest BCUT2D eigenvalue weighted by molar-refractivity contribution is -0.132. The molecule has 2 rings (SSSR count). The van der Waals surface area contributed by atoms with Crippen LogP contribution >= 0.6 is 11.8 Å². The molecule has 0 bridgehead atoms. The lowest BCUT2D eigenvalue weighted by atomic mass is 10.2. The van der Waals surface area contributed by atoms with Gasteiger partial charge in [-0.05, 0) is 42.7 Å². The van der Waals surface area contributed by atoms with E-state index in [4.69, 9.17) is 10.5 Å². The van der Waals surface area contributed by atoms with Crippen LogP contribution in [-0.2, 0) is 4.79 Å². The third kappa shape index (κ3) is 4.30. The molecule has 1 aromatic rings. The standard InChI is InChI=1S/C16H25N3O2S/c1-21-14-5-3-13(4-6-14)18-8-10-19(11-9-18)16(20)15(17)7-12-22-2/h3-6,15H,7-12,17H2,1-2H3/t15-/m0/s1. The van der Waals surface area contributed by atoms with Crippen LogP contribution in [0.4, 0.5) is 5.69 Å². The Morgan fingerprint density at radius 1 is 1.27 bits per heavy atom. The summed E-state index contributed by atoms with van der Waals surface area (Å²) < 4.78 is 5.18. The number of amides is 1. The van der Waals surface area contributed by atoms with E-state index in [9.17, 15) is 4.79 Å². The van der Waals surface area contributed by atoms with Gasteiger partial charge < -0.3 is 20.3 Å². The summed E-state index contributed by atoms with van der Waals surface area (Å²) >= 11 is 1.73. The first kappa shape index (κ1) is 17.0. The Hall–Kier alpha value is -1.40. The zero-order chi connectivity index (χ0) is 15.9. The zero-order valence-electron chi connectivity index (χ0n) is 13.3. The SMILES string of the molecule is COc1ccc(N2CCN(C(=O)[C@@H](N)CCSC)CC2)cc1. The van der Waals surface area contributed by atoms with Crippen molar-refractivity contribution in [3.63, 3.8) is 0 Å². The van der Waals surface area contributed by atoms with Gasteiger partial charge in [-0.25, -0.2) is 0 Å². The molecule has 5 nitrogen and oxygen atoms in total. The first-order chi connectivity index (χ1) is 10.7. The Morgan fingerprint density at radius 2 is 1.91 bits per heavy atom. The van der Waals surface area contributed by atoms with Crippen LogP contribution in [0.1, 0.15) is 6.42 Å². The minimum Gasteiger partial charge on any atom is -0.497 e. The zero-order valence-corrected chi connectivity index (χ0v) is 14.1. The molecular formula is C16H25N3O2S. The number of thioether (sulfide) groups is 1. The molecule has 122 valence electrons. The molecule has 1 atom stereocenters.